The predicted octanol–water partition coefficient (Wildman–Crippen LogP) is 1.26. The van der Waals surface area contributed by atoms with Crippen LogP contribution in [0.3, 0.4) is 0 Å². The molecule has 0 aliphatic rings. The van der Waals surface area contributed by atoms with E-state index in [4.69, 9.17) is 0 Å². The van der Waals surface area contributed by atoms with E-state index >= 15 is 0 Å². The Hall–Kier alpha value is -1.68. The quantitative estimate of drug-likeness (QED) is 0.340. The van der Waals surface area contributed by atoms with Gasteiger partial charge in [-0.1, -0.05) is 30.3 Å². The van der Waals surface area contributed by atoms with Crippen LogP contribution in [0.5, 0.6) is 0 Å². The van der Waals surface area contributed by atoms with E-state index in [1.807, 2.05) is 44.3 Å². The van der Waals surface area contributed by atoms with Crippen LogP contribution in [0.1, 0.15) is 24.2 Å². The summed E-state index contributed by atoms with van der Waals surface area (Å²) in [6, 6.07) is 9.97. The van der Waals surface area contributed by atoms with Gasteiger partial charge in [0.05, 0.1) is 6.61 Å². The van der Waals surface area contributed by atoms with Gasteiger partial charge in [0.25, 0.3) is 0 Å². The molecule has 0 saturated carbocycles. The summed E-state index contributed by atoms with van der Waals surface area (Å²) in [5, 5.41) is 20.1. The molecule has 8 heteroatoms. The van der Waals surface area contributed by atoms with Gasteiger partial charge in [0.15, 0.2) is 5.96 Å². The van der Waals surface area contributed by atoms with Crippen molar-refractivity contribution in [1.82, 2.24) is 25.4 Å². The number of hydrogen-bond acceptors (Lipinski definition) is 4. The molecule has 0 spiro atoms. The van der Waals surface area contributed by atoms with Gasteiger partial charge in [0.1, 0.15) is 18.7 Å². The fourth-order valence-corrected chi connectivity index (χ4v) is 2.19. The molecule has 0 amide bonds. The van der Waals surface area contributed by atoms with Crippen molar-refractivity contribution in [1.29, 1.82) is 0 Å². The summed E-state index contributed by atoms with van der Waals surface area (Å²) >= 11 is 0. The molecule has 3 N–H and O–H groups in total. The molecule has 0 aliphatic heterocycles. The molecule has 0 aliphatic carbocycles. The highest BCUT2D eigenvalue weighted by molar-refractivity contribution is 14.0. The van der Waals surface area contributed by atoms with Crippen LogP contribution in [0.4, 0.5) is 0 Å². The van der Waals surface area contributed by atoms with Crippen molar-refractivity contribution in [2.24, 2.45) is 12.0 Å². The molecular formula is C16H25IN6O. The molecule has 1 unspecified atom stereocenters. The van der Waals surface area contributed by atoms with Crippen LogP contribution in [0.25, 0.3) is 0 Å². The number of aromatic nitrogens is 3. The van der Waals surface area contributed by atoms with Gasteiger partial charge in [-0.3, -0.25) is 4.68 Å². The number of aryl methyl sites for hydroxylation is 1. The second kappa shape index (κ2) is 11.0. The Balaban J connectivity index is 0.00000288. The van der Waals surface area contributed by atoms with E-state index in [1.54, 1.807) is 4.68 Å². The minimum Gasteiger partial charge on any atom is -0.396 e. The Morgan fingerprint density at radius 1 is 1.29 bits per heavy atom. The Morgan fingerprint density at radius 2 is 2.04 bits per heavy atom. The van der Waals surface area contributed by atoms with Crippen molar-refractivity contribution in [3.63, 3.8) is 0 Å². The van der Waals surface area contributed by atoms with Crippen LogP contribution < -0.4 is 10.6 Å². The number of rotatable bonds is 7. The van der Waals surface area contributed by atoms with Crippen LogP contribution in [-0.4, -0.2) is 45.5 Å². The second-order valence-corrected chi connectivity index (χ2v) is 5.17. The van der Waals surface area contributed by atoms with Gasteiger partial charge in [-0.05, 0) is 12.5 Å². The molecule has 2 rings (SSSR count). The lowest BCUT2D eigenvalue weighted by atomic mass is 10.0. The van der Waals surface area contributed by atoms with Gasteiger partial charge in [0, 0.05) is 26.1 Å². The largest absolute Gasteiger partial charge is 0.396 e. The third-order valence-electron chi connectivity index (χ3n) is 3.54. The first kappa shape index (κ1) is 20.4. The maximum atomic E-state index is 9.62. The molecule has 0 fully saturated rings. The second-order valence-electron chi connectivity index (χ2n) is 5.17. The third-order valence-corrected chi connectivity index (χ3v) is 3.54. The van der Waals surface area contributed by atoms with Crippen molar-refractivity contribution in [2.75, 3.05) is 19.7 Å². The molecule has 1 atom stereocenters. The number of aliphatic hydroxyl groups excluding tert-OH is 1. The average Bonchev–Trinajstić information content (AvgIpc) is 2.99. The number of nitrogens with zero attached hydrogens (tertiary/aromatic N) is 4. The van der Waals surface area contributed by atoms with Gasteiger partial charge in [-0.2, -0.15) is 5.10 Å². The smallest absolute Gasteiger partial charge is 0.191 e. The predicted molar refractivity (Wildman–Crippen MR) is 106 cm³/mol. The third kappa shape index (κ3) is 6.08. The Kier molecular flexibility index (Phi) is 9.31. The van der Waals surface area contributed by atoms with Gasteiger partial charge < -0.3 is 15.7 Å². The van der Waals surface area contributed by atoms with E-state index in [2.05, 4.69) is 25.7 Å². The van der Waals surface area contributed by atoms with Gasteiger partial charge >= 0.3 is 0 Å². The van der Waals surface area contributed by atoms with E-state index in [-0.39, 0.29) is 36.5 Å². The van der Waals surface area contributed by atoms with Crippen molar-refractivity contribution >= 4 is 29.9 Å². The number of hydrogen-bond donors (Lipinski definition) is 3. The summed E-state index contributed by atoms with van der Waals surface area (Å²) in [4.78, 5) is 8.66. The molecule has 0 saturated heterocycles. The van der Waals surface area contributed by atoms with Crippen LogP contribution in [-0.2, 0) is 13.6 Å². The molecule has 0 bridgehead atoms. The maximum absolute atomic E-state index is 9.62. The van der Waals surface area contributed by atoms with E-state index in [9.17, 15) is 5.11 Å². The van der Waals surface area contributed by atoms with Crippen molar-refractivity contribution in [3.8, 4) is 0 Å². The molecule has 7 nitrogen and oxygen atoms in total. The number of nitrogens with one attached hydrogen (secondary N) is 2. The normalized spacial score (nSPS) is 12.4. The van der Waals surface area contributed by atoms with E-state index in [0.717, 1.165) is 17.9 Å². The minimum absolute atomic E-state index is 0. The van der Waals surface area contributed by atoms with Gasteiger partial charge in [0.2, 0.25) is 0 Å². The molecule has 0 radical (unpaired) electrons. The highest BCUT2D eigenvalue weighted by Crippen LogP contribution is 2.13. The lowest BCUT2D eigenvalue weighted by Gasteiger charge is -2.18. The fraction of sp³-hybridized carbons (Fsp3) is 0.438. The highest BCUT2D eigenvalue weighted by atomic mass is 127. The summed E-state index contributed by atoms with van der Waals surface area (Å²) in [5.41, 5.74) is 1.10. The lowest BCUT2D eigenvalue weighted by molar-refractivity contribution is 0.265. The zero-order valence-corrected chi connectivity index (χ0v) is 16.3. The summed E-state index contributed by atoms with van der Waals surface area (Å²) in [6.45, 7) is 3.91. The van der Waals surface area contributed by atoms with Gasteiger partial charge in [-0.25, -0.2) is 9.98 Å². The molecular weight excluding hydrogens is 419 g/mol. The summed E-state index contributed by atoms with van der Waals surface area (Å²) < 4.78 is 1.70. The van der Waals surface area contributed by atoms with Crippen molar-refractivity contribution in [3.05, 3.63) is 48.0 Å². The number of benzene rings is 1. The zero-order valence-electron chi connectivity index (χ0n) is 14.0. The molecule has 2 aromatic rings. The first-order chi connectivity index (χ1) is 11.2. The van der Waals surface area contributed by atoms with E-state index in [1.165, 1.54) is 6.33 Å². The SMILES string of the molecule is CCNC(=NCc1ncnn1C)NCC(CO)c1ccccc1.I. The van der Waals surface area contributed by atoms with Crippen LogP contribution in [0, 0.1) is 0 Å². The summed E-state index contributed by atoms with van der Waals surface area (Å²) in [6.07, 6.45) is 1.52. The minimum atomic E-state index is 0. The number of guanidine groups is 1. The Labute approximate surface area is 159 Å². The molecule has 132 valence electrons. The standard InChI is InChI=1S/C16H24N6O.HI/c1-3-17-16(19-10-15-20-12-21-22(15)2)18-9-14(11-23)13-7-5-4-6-8-13;/h4-8,12,14,23H,3,9-11H2,1-2H3,(H2,17,18,19);1H. The highest BCUT2D eigenvalue weighted by Gasteiger charge is 2.11. The van der Waals surface area contributed by atoms with Gasteiger partial charge in [-0.15, -0.1) is 24.0 Å². The summed E-state index contributed by atoms with van der Waals surface area (Å²) in [5.74, 6) is 1.52. The molecule has 1 heterocycles. The first-order valence-electron chi connectivity index (χ1n) is 7.75. The van der Waals surface area contributed by atoms with Crippen LogP contribution in [0.2, 0.25) is 0 Å². The number of aliphatic imine (C=N–C) groups is 1. The van der Waals surface area contributed by atoms with E-state index < -0.39 is 0 Å². The topological polar surface area (TPSA) is 87.4 Å². The van der Waals surface area contributed by atoms with E-state index in [0.29, 0.717) is 19.0 Å². The Morgan fingerprint density at radius 3 is 2.62 bits per heavy atom. The molecule has 1 aromatic heterocycles. The number of aliphatic hydroxyl groups is 1. The molecule has 24 heavy (non-hydrogen) atoms. The van der Waals surface area contributed by atoms with Crippen molar-refractivity contribution < 1.29 is 5.11 Å². The maximum Gasteiger partial charge on any atom is 0.191 e. The monoisotopic (exact) mass is 444 g/mol. The number of halogens is 1. The lowest BCUT2D eigenvalue weighted by Crippen LogP contribution is -2.40. The van der Waals surface area contributed by atoms with Crippen molar-refractivity contribution in [2.45, 2.75) is 19.4 Å². The summed E-state index contributed by atoms with van der Waals surface area (Å²) in [7, 11) is 1.84. The fourth-order valence-electron chi connectivity index (χ4n) is 2.19. The molecule has 1 aromatic carbocycles. The average molecular weight is 444 g/mol. The first-order valence-corrected chi connectivity index (χ1v) is 7.75. The van der Waals surface area contributed by atoms with Crippen LogP contribution >= 0.6 is 24.0 Å². The van der Waals surface area contributed by atoms with Crippen LogP contribution in [0.15, 0.2) is 41.7 Å². The Bertz CT molecular complexity index is 616. The zero-order chi connectivity index (χ0) is 16.5.